The van der Waals surface area contributed by atoms with Crippen LogP contribution in [0, 0.1) is 23.7 Å². The largest absolute Gasteiger partial charge is 0.461 e. The number of hydrogen-bond acceptors (Lipinski definition) is 14. The van der Waals surface area contributed by atoms with E-state index in [0.717, 1.165) is 18.4 Å². The Morgan fingerprint density at radius 2 is 1.29 bits per heavy atom. The molecule has 16 nitrogen and oxygen atoms in total. The van der Waals surface area contributed by atoms with Crippen molar-refractivity contribution in [3.63, 3.8) is 0 Å². The molecule has 0 unspecified atom stereocenters. The number of aliphatic imine (C=N–C) groups is 1. The molecule has 0 spiro atoms. The highest BCUT2D eigenvalue weighted by molar-refractivity contribution is 5.75. The van der Waals surface area contributed by atoms with Crippen molar-refractivity contribution in [2.75, 3.05) is 6.54 Å². The van der Waals surface area contributed by atoms with Gasteiger partial charge in [0.05, 0.1) is 73.1 Å². The minimum atomic E-state index is -1.38. The normalized spacial score (nSPS) is 36.7. The zero-order chi connectivity index (χ0) is 49.9. The highest BCUT2D eigenvalue weighted by Crippen LogP contribution is 2.31. The third-order valence-corrected chi connectivity index (χ3v) is 13.5. The van der Waals surface area contributed by atoms with Gasteiger partial charge < -0.3 is 72.4 Å². The molecule has 1 aliphatic rings. The Labute approximate surface area is 396 Å². The molecule has 66 heavy (non-hydrogen) atoms. The van der Waals surface area contributed by atoms with E-state index in [4.69, 9.17) is 16.2 Å². The summed E-state index contributed by atoms with van der Waals surface area (Å²) in [5.41, 5.74) is 12.4. The van der Waals surface area contributed by atoms with Crippen molar-refractivity contribution >= 4 is 11.9 Å². The summed E-state index contributed by atoms with van der Waals surface area (Å²) in [4.78, 5) is 18.2. The lowest BCUT2D eigenvalue weighted by Gasteiger charge is -2.34. The summed E-state index contributed by atoms with van der Waals surface area (Å²) in [5, 5.41) is 119. The van der Waals surface area contributed by atoms with Gasteiger partial charge in [0.25, 0.3) is 0 Å². The van der Waals surface area contributed by atoms with Gasteiger partial charge in [0, 0.05) is 24.8 Å². The summed E-state index contributed by atoms with van der Waals surface area (Å²) in [6, 6.07) is 0. The van der Waals surface area contributed by atoms with E-state index in [1.54, 1.807) is 6.92 Å². The Hall–Kier alpha value is -2.22. The molecule has 0 aromatic carbocycles. The van der Waals surface area contributed by atoms with Crippen LogP contribution in [0.4, 0.5) is 0 Å². The van der Waals surface area contributed by atoms with E-state index in [1.165, 1.54) is 6.08 Å². The minimum absolute atomic E-state index is 0.0274. The number of unbranched alkanes of at least 4 members (excludes halogenated alkanes) is 1. The Morgan fingerprint density at radius 3 is 1.89 bits per heavy atom. The number of ether oxygens (including phenoxy) is 1. The Morgan fingerprint density at radius 1 is 0.727 bits per heavy atom. The summed E-state index contributed by atoms with van der Waals surface area (Å²) >= 11 is 0. The van der Waals surface area contributed by atoms with Gasteiger partial charge in [0.15, 0.2) is 5.96 Å². The third kappa shape index (κ3) is 26.5. The second kappa shape index (κ2) is 34.1. The molecule has 16 atom stereocenters. The lowest BCUT2D eigenvalue weighted by Crippen LogP contribution is -2.42. The molecule has 0 fully saturated rings. The molecule has 0 saturated heterocycles. The average Bonchev–Trinajstić information content (AvgIpc) is 3.23. The number of aliphatic hydroxyl groups is 11. The number of carbonyl (C=O) groups excluding carboxylic acids is 1. The molecule has 0 aromatic rings. The van der Waals surface area contributed by atoms with E-state index in [1.807, 2.05) is 40.7 Å². The number of guanidine groups is 1. The summed E-state index contributed by atoms with van der Waals surface area (Å²) in [6.45, 7) is 11.6. The molecule has 0 saturated carbocycles. The SMILES string of the molecule is CCCC[C@@H]1C(=O)O[C@@H]([C@H](C)[C@H](O)CCCN=C(N)N)[C@@H](C)/C=C(\C)CCCC[C@H](O)C[C@@H](O)C[C@H](O)C[C@H](O)C[C@@H](O)[C@@H](O)/C=C(\C)[C@@H](O)CCC[C@@H](O)CCC[C@H](O)CC[C@@H](C)[C@H]1O. The van der Waals surface area contributed by atoms with Crippen molar-refractivity contribution in [1.29, 1.82) is 0 Å². The lowest BCUT2D eigenvalue weighted by atomic mass is 9.84. The highest BCUT2D eigenvalue weighted by Gasteiger charge is 2.37. The molecular formula is C50H95N3O13. The fourth-order valence-electron chi connectivity index (χ4n) is 9.10. The number of aliphatic hydroxyl groups excluding tert-OH is 11. The smallest absolute Gasteiger partial charge is 0.311 e. The van der Waals surface area contributed by atoms with Crippen LogP contribution >= 0.6 is 0 Å². The van der Waals surface area contributed by atoms with Crippen molar-refractivity contribution in [1.82, 2.24) is 0 Å². The van der Waals surface area contributed by atoms with Gasteiger partial charge in [0.2, 0.25) is 0 Å². The maximum absolute atomic E-state index is 14.2. The molecule has 0 bridgehead atoms. The molecule has 388 valence electrons. The van der Waals surface area contributed by atoms with Crippen molar-refractivity contribution in [2.45, 2.75) is 250 Å². The van der Waals surface area contributed by atoms with Gasteiger partial charge in [-0.2, -0.15) is 0 Å². The summed E-state index contributed by atoms with van der Waals surface area (Å²) in [6.07, 6.45) is -0.0632. The van der Waals surface area contributed by atoms with Crippen LogP contribution in [0.1, 0.15) is 176 Å². The van der Waals surface area contributed by atoms with Crippen molar-refractivity contribution in [2.24, 2.45) is 40.1 Å². The fraction of sp³-hybridized carbons (Fsp3) is 0.880. The Kier molecular flexibility index (Phi) is 32.0. The average molecular weight is 946 g/mol. The first-order chi connectivity index (χ1) is 31.0. The summed E-state index contributed by atoms with van der Waals surface area (Å²) in [7, 11) is 0. The van der Waals surface area contributed by atoms with E-state index in [9.17, 15) is 61.0 Å². The van der Waals surface area contributed by atoms with Crippen LogP contribution in [0.2, 0.25) is 0 Å². The van der Waals surface area contributed by atoms with Crippen LogP contribution < -0.4 is 11.5 Å². The van der Waals surface area contributed by atoms with Crippen LogP contribution in [0.25, 0.3) is 0 Å². The molecular weight excluding hydrogens is 851 g/mol. The Bertz CT molecular complexity index is 1380. The van der Waals surface area contributed by atoms with Crippen LogP contribution in [0.15, 0.2) is 28.3 Å². The predicted octanol–water partition coefficient (Wildman–Crippen LogP) is 3.78. The minimum Gasteiger partial charge on any atom is -0.461 e. The summed E-state index contributed by atoms with van der Waals surface area (Å²) in [5.74, 6) is -2.50. The van der Waals surface area contributed by atoms with E-state index in [-0.39, 0.29) is 43.5 Å². The maximum Gasteiger partial charge on any atom is 0.311 e. The fourth-order valence-corrected chi connectivity index (χ4v) is 9.10. The number of hydrogen-bond donors (Lipinski definition) is 13. The van der Waals surface area contributed by atoms with Crippen LogP contribution in [0.3, 0.4) is 0 Å². The van der Waals surface area contributed by atoms with E-state index >= 15 is 0 Å². The molecule has 0 amide bonds. The van der Waals surface area contributed by atoms with Crippen molar-refractivity contribution in [3.8, 4) is 0 Å². The zero-order valence-corrected chi connectivity index (χ0v) is 41.3. The number of carbonyl (C=O) groups is 1. The molecule has 0 aromatic heterocycles. The number of esters is 1. The van der Waals surface area contributed by atoms with Gasteiger partial charge in [-0.1, -0.05) is 64.7 Å². The van der Waals surface area contributed by atoms with Gasteiger partial charge >= 0.3 is 5.97 Å². The van der Waals surface area contributed by atoms with Gasteiger partial charge in [0.1, 0.15) is 6.10 Å². The molecule has 0 radical (unpaired) electrons. The van der Waals surface area contributed by atoms with Gasteiger partial charge in [-0.15, -0.1) is 0 Å². The van der Waals surface area contributed by atoms with Gasteiger partial charge in [-0.05, 0) is 134 Å². The third-order valence-electron chi connectivity index (χ3n) is 13.5. The number of cyclic esters (lactones) is 1. The number of nitrogens with zero attached hydrogens (tertiary/aromatic N) is 1. The topological polar surface area (TPSA) is 313 Å². The Balaban J connectivity index is 3.28. The first-order valence-electron chi connectivity index (χ1n) is 25.2. The van der Waals surface area contributed by atoms with Crippen molar-refractivity contribution < 1.29 is 65.7 Å². The quantitative estimate of drug-likeness (QED) is 0.0515. The second-order valence-electron chi connectivity index (χ2n) is 19.9. The van der Waals surface area contributed by atoms with E-state index < -0.39 is 91.1 Å². The molecule has 1 aliphatic heterocycles. The van der Waals surface area contributed by atoms with Gasteiger partial charge in [-0.3, -0.25) is 9.79 Å². The number of rotatable bonds is 9. The first-order valence-corrected chi connectivity index (χ1v) is 25.2. The van der Waals surface area contributed by atoms with Crippen LogP contribution in [-0.2, 0) is 9.53 Å². The molecule has 1 rings (SSSR count). The van der Waals surface area contributed by atoms with Crippen molar-refractivity contribution in [3.05, 3.63) is 23.3 Å². The second-order valence-corrected chi connectivity index (χ2v) is 19.9. The zero-order valence-electron chi connectivity index (χ0n) is 41.3. The van der Waals surface area contributed by atoms with E-state index in [2.05, 4.69) is 4.99 Å². The molecule has 15 N–H and O–H groups in total. The standard InChI is InChI=1S/C50H95N3O13/c1-7-8-19-42-47(64)32(3)22-23-37(55)17-11-16-36(54)18-12-20-43(60)33(4)26-45(62)46(63)30-41(59)29-40(58)28-39(57)27-38(56)15-10-9-14-31(2)25-34(5)48(66-49(42)65)35(6)44(61)21-13-24-53-50(51)52/h25-26,32,34-48,54-64H,7-24,27-30H2,1-6H3,(H4,51,52,53)/b31-25+,33-26+/t32-,34+,35-,36+,37+,38+,39-,40+,41+,42+,43+,44-,45+,46-,47-,48-/m1/s1. The van der Waals surface area contributed by atoms with Crippen LogP contribution in [0.5, 0.6) is 0 Å². The predicted molar refractivity (Wildman–Crippen MR) is 258 cm³/mol. The molecule has 1 heterocycles. The lowest BCUT2D eigenvalue weighted by molar-refractivity contribution is -0.167. The first kappa shape index (κ1) is 61.8. The highest BCUT2D eigenvalue weighted by atomic mass is 16.5. The van der Waals surface area contributed by atoms with Crippen LogP contribution in [-0.4, -0.2) is 148 Å². The number of allylic oxidation sites excluding steroid dienone is 1. The molecule has 16 heteroatoms. The maximum atomic E-state index is 14.2. The number of nitrogens with two attached hydrogens (primary N) is 2. The van der Waals surface area contributed by atoms with Gasteiger partial charge in [-0.25, -0.2) is 0 Å². The monoisotopic (exact) mass is 946 g/mol. The summed E-state index contributed by atoms with van der Waals surface area (Å²) < 4.78 is 6.32. The van der Waals surface area contributed by atoms with E-state index in [0.29, 0.717) is 108 Å². The molecule has 0 aliphatic carbocycles.